The average molecular weight is 2330 g/mol. The van der Waals surface area contributed by atoms with Gasteiger partial charge in [-0.25, -0.2) is 46.5 Å². The summed E-state index contributed by atoms with van der Waals surface area (Å²) < 4.78 is 189. The van der Waals surface area contributed by atoms with Crippen LogP contribution in [0.25, 0.3) is 10.6 Å². The first-order chi connectivity index (χ1) is 69.2. The van der Waals surface area contributed by atoms with Gasteiger partial charge in [0.05, 0.1) is 59.0 Å². The molecular weight excluding hydrogens is 2230 g/mol. The third-order valence-corrected chi connectivity index (χ3v) is 31.4. The van der Waals surface area contributed by atoms with E-state index in [0.717, 1.165) is 62.4 Å². The van der Waals surface area contributed by atoms with Crippen LogP contribution in [-0.2, 0) is 69.5 Å². The van der Waals surface area contributed by atoms with E-state index in [0.29, 0.717) is 53.5 Å². The number of aryl methyl sites for hydroxylation is 3. The van der Waals surface area contributed by atoms with Crippen LogP contribution in [0.4, 0.5) is 47.3 Å². The summed E-state index contributed by atoms with van der Waals surface area (Å²) in [7, 11) is -18.2. The van der Waals surface area contributed by atoms with Gasteiger partial charge in [-0.05, 0) is 269 Å². The van der Waals surface area contributed by atoms with Crippen LogP contribution >= 0.6 is 91.9 Å². The van der Waals surface area contributed by atoms with E-state index in [2.05, 4.69) is 56.6 Å². The molecule has 148 heavy (non-hydrogen) atoms. The molecule has 16 aromatic rings. The van der Waals surface area contributed by atoms with Crippen molar-refractivity contribution in [2.45, 2.75) is 98.6 Å². The van der Waals surface area contributed by atoms with Crippen molar-refractivity contribution >= 4 is 205 Å². The van der Waals surface area contributed by atoms with Gasteiger partial charge in [0.1, 0.15) is 27.2 Å². The van der Waals surface area contributed by atoms with Crippen molar-refractivity contribution in [2.24, 2.45) is 7.05 Å². The minimum Gasteiger partial charge on any atom is -0.491 e. The summed E-state index contributed by atoms with van der Waals surface area (Å²) in [5, 5.41) is 8.80. The van der Waals surface area contributed by atoms with Gasteiger partial charge >= 0.3 is 0 Å². The molecule has 2 aromatic heterocycles. The van der Waals surface area contributed by atoms with Crippen molar-refractivity contribution in [3.8, 4) is 16.3 Å². The number of nitrogens with one attached hydrogen (secondary N) is 6. The molecule has 0 amide bonds. The lowest BCUT2D eigenvalue weighted by molar-refractivity contribution is 0.00878. The van der Waals surface area contributed by atoms with Gasteiger partial charge in [-0.1, -0.05) is 225 Å². The molecule has 14 aromatic carbocycles. The third kappa shape index (κ3) is 31.4. The summed E-state index contributed by atoms with van der Waals surface area (Å²) in [6.45, 7) is 11.1. The Morgan fingerprint density at radius 3 is 1.10 bits per heavy atom. The maximum absolute atomic E-state index is 13.7. The van der Waals surface area contributed by atoms with E-state index in [4.69, 9.17) is 62.7 Å². The van der Waals surface area contributed by atoms with Crippen LogP contribution in [0.2, 0.25) is 25.1 Å². The van der Waals surface area contributed by atoms with Gasteiger partial charge in [0.15, 0.2) is 28.9 Å². The number of anilines is 6. The zero-order valence-corrected chi connectivity index (χ0v) is 89.0. The number of halogens is 9. The fourth-order valence-electron chi connectivity index (χ4n) is 13.9. The number of aromatic nitrogens is 2. The number of thiophene rings is 1. The number of ether oxygens (including phenoxy) is 1. The fourth-order valence-corrected chi connectivity index (χ4v) is 22.0. The lowest BCUT2D eigenvalue weighted by Gasteiger charge is -2.14. The fraction of sp³-hybridized carbons (Fsp3) is 0.119. The van der Waals surface area contributed by atoms with E-state index in [1.165, 1.54) is 171 Å². The molecule has 0 aliphatic heterocycles. The van der Waals surface area contributed by atoms with E-state index in [1.807, 2.05) is 40.7 Å². The van der Waals surface area contributed by atoms with Crippen molar-refractivity contribution in [1.82, 2.24) is 9.78 Å². The van der Waals surface area contributed by atoms with E-state index in [-0.39, 0.29) is 140 Å². The van der Waals surface area contributed by atoms with Crippen LogP contribution in [0, 0.1) is 16.3 Å². The van der Waals surface area contributed by atoms with Crippen molar-refractivity contribution in [3.63, 3.8) is 0 Å². The second-order valence-corrected chi connectivity index (χ2v) is 45.4. The van der Waals surface area contributed by atoms with Gasteiger partial charge < -0.3 is 10.1 Å². The highest BCUT2D eigenvalue weighted by molar-refractivity contribution is 14.1. The number of ketones is 5. The van der Waals surface area contributed by atoms with Gasteiger partial charge in [0.2, 0.25) is 0 Å². The zero-order valence-electron chi connectivity index (χ0n) is 78.2. The molecule has 24 nitrogen and oxygen atoms in total. The number of rotatable bonds is 32. The first-order valence-corrected chi connectivity index (χ1v) is 55.2. The second-order valence-electron chi connectivity index (χ2n) is 32.3. The molecule has 0 aliphatic carbocycles. The normalized spacial score (nSPS) is 11.2. The van der Waals surface area contributed by atoms with Crippen molar-refractivity contribution in [2.75, 3.05) is 35.5 Å². The molecule has 0 saturated carbocycles. The third-order valence-electron chi connectivity index (χ3n) is 21.1. The molecule has 0 spiro atoms. The zero-order chi connectivity index (χ0) is 106. The first-order valence-electron chi connectivity index (χ1n) is 44.0. The predicted octanol–water partition coefficient (Wildman–Crippen LogP) is 27.5. The summed E-state index contributed by atoms with van der Waals surface area (Å²) in [5.41, 5.74) is 5.91. The number of hydrogen-bond acceptors (Lipinski definition) is 19. The highest BCUT2D eigenvalue weighted by Crippen LogP contribution is 2.39. The van der Waals surface area contributed by atoms with Crippen molar-refractivity contribution in [1.29, 1.82) is 0 Å². The summed E-state index contributed by atoms with van der Waals surface area (Å²) in [6, 6.07) is 89.4. The molecule has 0 aliphatic rings. The SMILES string of the molecule is C.C.CC(C)Oc1ccc(S(=O)(=O)Nc2ccc(I)cc2C(=O)c2ccccc2)cc1.CCNc1ccc(S(=O)(=O)Nc2ccc(Cl)cc2C(=O)c2ccccc2)cc1.CCc1ccc(S(=O)(=O)Nc2ccc(Cl)cc2C(=O)c2cccc(Cl)c2)cc1.Cc1ccc(S(=O)(=O)Nc2ccc(Cl)cc2C(=O)c2cccc(F)c2)cc1.Cn1nc(-c2ccc(S(=O)(=O)Nc3ccc(Cl)cc3C(=O)c3ccccc3)s2)cc1C(C)(F)F. The molecule has 0 unspecified atom stereocenters. The number of nitrogens with zero attached hydrogens (tertiary/aromatic N) is 2. The van der Waals surface area contributed by atoms with Crippen LogP contribution in [0.3, 0.4) is 0 Å². The number of sulfonamides is 5. The molecule has 0 radical (unpaired) electrons. The smallest absolute Gasteiger partial charge is 0.286 e. The van der Waals surface area contributed by atoms with Gasteiger partial charge in [-0.3, -0.25) is 52.3 Å². The largest absolute Gasteiger partial charge is 0.491 e. The van der Waals surface area contributed by atoms with Crippen LogP contribution in [0.5, 0.6) is 5.75 Å². The van der Waals surface area contributed by atoms with E-state index in [1.54, 1.807) is 170 Å². The minimum absolute atomic E-state index is 0. The summed E-state index contributed by atoms with van der Waals surface area (Å²) in [4.78, 5) is 65.2. The lowest BCUT2D eigenvalue weighted by Crippen LogP contribution is -2.16. The molecule has 2 heterocycles. The molecule has 0 saturated heterocycles. The quantitative estimate of drug-likeness (QED) is 0.0168. The minimum atomic E-state index is -4.09. The molecule has 0 fully saturated rings. The summed E-state index contributed by atoms with van der Waals surface area (Å²) in [6.07, 6.45) is 0.803. The molecular formula is C109H97Cl5F3IN8O16S6. The number of alkyl halides is 2. The summed E-state index contributed by atoms with van der Waals surface area (Å²) in [5.74, 6) is -4.95. The van der Waals surface area contributed by atoms with Crippen LogP contribution < -0.4 is 33.7 Å². The lowest BCUT2D eigenvalue weighted by atomic mass is 10.0. The maximum Gasteiger partial charge on any atom is 0.286 e. The average Bonchev–Trinajstić information content (AvgIpc) is 1.70. The Labute approximate surface area is 900 Å². The summed E-state index contributed by atoms with van der Waals surface area (Å²) >= 11 is 33.1. The standard InChI is InChI=1S/C23H18ClF2N3O3S2.C22H20INO4S.C21H17Cl2NO3S.C21H19ClN2O3S.C20H15ClFNO3S.2CH4/c1-23(25,26)20-13-18(27-29(20)2)19-10-11-21(33-19)34(31,32)28-17-9-8-15(24)12-16(17)22(30)14-6-4-3-5-7-14;1-15(2)28-18-9-11-19(12-10-18)29(26,27)24-21-13-8-17(23)14-20(21)22(25)16-6-4-3-5-7-16;1-2-14-6-9-18(10-7-14)28(26,27)24-20-11-8-17(23)13-19(20)21(25)15-4-3-5-16(22)12-15;1-2-23-17-9-11-18(12-10-17)28(26,27)24-20-13-8-16(22)14-19(20)21(25)15-6-4-3-5-7-15;1-13-5-8-17(9-6-13)27(25,26)23-19-10-7-15(21)12-18(19)20(24)14-3-2-4-16(22)11-14;;/h3-13,28H,1-2H3;3-15,24H,1-2H3;3-13,24H,2H2,1H3;3-14,23-24H,2H2,1H3;2-12,23H,1H3;2*1H4. The molecule has 0 bridgehead atoms. The molecule has 16 rings (SSSR count). The second kappa shape index (κ2) is 51.5. The van der Waals surface area contributed by atoms with E-state index in [9.17, 15) is 79.2 Å². The van der Waals surface area contributed by atoms with Crippen molar-refractivity contribution < 1.29 is 84.0 Å². The highest BCUT2D eigenvalue weighted by Gasteiger charge is 2.32. The Hall–Kier alpha value is -13.3. The molecule has 39 heteroatoms. The Morgan fingerprint density at radius 1 is 0.399 bits per heavy atom. The first kappa shape index (κ1) is 117. The molecule has 768 valence electrons. The predicted molar refractivity (Wildman–Crippen MR) is 593 cm³/mol. The van der Waals surface area contributed by atoms with Crippen LogP contribution in [0.1, 0.15) is 146 Å². The maximum atomic E-state index is 13.7. The Balaban J connectivity index is 0.000000189. The van der Waals surface area contributed by atoms with Gasteiger partial charge in [-0.15, -0.1) is 11.3 Å². The van der Waals surface area contributed by atoms with Gasteiger partial charge in [0.25, 0.3) is 56.0 Å². The Morgan fingerprint density at radius 2 is 0.736 bits per heavy atom. The number of hydrogen-bond donors (Lipinski definition) is 6. The van der Waals surface area contributed by atoms with Crippen LogP contribution in [0.15, 0.2) is 370 Å². The molecule has 6 N–H and O–H groups in total. The van der Waals surface area contributed by atoms with Crippen LogP contribution in [-0.4, -0.2) is 93.4 Å². The van der Waals surface area contributed by atoms with E-state index < -0.39 is 73.4 Å². The Kier molecular flexibility index (Phi) is 40.6. The van der Waals surface area contributed by atoms with E-state index >= 15 is 0 Å². The number of benzene rings is 14. The molecule has 0 atom stereocenters. The van der Waals surface area contributed by atoms with Gasteiger partial charge in [-0.2, -0.15) is 13.9 Å². The Bertz CT molecular complexity index is 8120. The van der Waals surface area contributed by atoms with Gasteiger partial charge in [0, 0.05) is 111 Å². The number of carbonyl (C=O) groups excluding carboxylic acids is 5. The number of carbonyl (C=O) groups is 5. The topological polar surface area (TPSA) is 355 Å². The van der Waals surface area contributed by atoms with Crippen molar-refractivity contribution in [3.05, 3.63) is 453 Å². The highest BCUT2D eigenvalue weighted by atomic mass is 127. The monoisotopic (exact) mass is 2320 g/mol.